The molecule has 2 aromatic carbocycles. The highest BCUT2D eigenvalue weighted by atomic mass is 79.9. The molecule has 2 saturated heterocycles. The molecule has 5 rings (SSSR count). The fourth-order valence-corrected chi connectivity index (χ4v) is 5.73. The molecule has 3 aliphatic rings. The Bertz CT molecular complexity index is 948. The van der Waals surface area contributed by atoms with E-state index in [-0.39, 0.29) is 16.9 Å². The second kappa shape index (κ2) is 5.87. The van der Waals surface area contributed by atoms with Crippen LogP contribution in [0.4, 0.5) is 5.69 Å². The van der Waals surface area contributed by atoms with E-state index in [2.05, 4.69) is 26.1 Å². The molecule has 2 fully saturated rings. The van der Waals surface area contributed by atoms with E-state index >= 15 is 0 Å². The molecule has 0 saturated carbocycles. The Labute approximate surface area is 164 Å². The third-order valence-corrected chi connectivity index (χ3v) is 6.87. The minimum absolute atomic E-state index is 0.145. The zero-order valence-electron chi connectivity index (χ0n) is 14.5. The van der Waals surface area contributed by atoms with E-state index in [9.17, 15) is 14.9 Å². The monoisotopic (exact) mass is 427 g/mol. The largest absolute Gasteiger partial charge is 0.324 e. The first-order valence-corrected chi connectivity index (χ1v) is 9.91. The molecule has 7 heteroatoms. The van der Waals surface area contributed by atoms with E-state index < -0.39 is 17.5 Å². The van der Waals surface area contributed by atoms with Crippen LogP contribution >= 0.6 is 15.9 Å². The summed E-state index contributed by atoms with van der Waals surface area (Å²) in [6, 6.07) is 14.2. The zero-order chi connectivity index (χ0) is 18.8. The maximum absolute atomic E-state index is 13.4. The summed E-state index contributed by atoms with van der Waals surface area (Å²) in [5.41, 5.74) is 1.43. The lowest BCUT2D eigenvalue weighted by atomic mass is 9.73. The lowest BCUT2D eigenvalue weighted by Crippen LogP contribution is -2.50. The van der Waals surface area contributed by atoms with Crippen LogP contribution in [0.3, 0.4) is 0 Å². The summed E-state index contributed by atoms with van der Waals surface area (Å²) in [6.07, 6.45) is 1.62. The third kappa shape index (κ3) is 2.12. The van der Waals surface area contributed by atoms with Crippen LogP contribution in [0, 0.1) is 10.1 Å². The van der Waals surface area contributed by atoms with Gasteiger partial charge in [0.1, 0.15) is 5.54 Å². The van der Waals surface area contributed by atoms with Gasteiger partial charge < -0.3 is 5.32 Å². The summed E-state index contributed by atoms with van der Waals surface area (Å²) in [5, 5.41) is 15.2. The summed E-state index contributed by atoms with van der Waals surface area (Å²) >= 11 is 3.44. The molecule has 1 amide bonds. The molecule has 4 atom stereocenters. The number of anilines is 1. The molecule has 27 heavy (non-hydrogen) atoms. The lowest BCUT2D eigenvalue weighted by Gasteiger charge is -2.36. The van der Waals surface area contributed by atoms with Crippen LogP contribution in [-0.4, -0.2) is 34.4 Å². The van der Waals surface area contributed by atoms with Crippen molar-refractivity contribution in [2.75, 3.05) is 11.9 Å². The van der Waals surface area contributed by atoms with Gasteiger partial charge in [0.15, 0.2) is 0 Å². The van der Waals surface area contributed by atoms with Crippen molar-refractivity contribution in [3.63, 3.8) is 0 Å². The second-order valence-electron chi connectivity index (χ2n) is 7.47. The Morgan fingerprint density at radius 1 is 1.19 bits per heavy atom. The number of halogens is 1. The Morgan fingerprint density at radius 3 is 2.67 bits per heavy atom. The number of fused-ring (bicyclic) bond motifs is 4. The van der Waals surface area contributed by atoms with Crippen molar-refractivity contribution in [2.24, 2.45) is 0 Å². The number of carbonyl (C=O) groups excluding carboxylic acids is 1. The van der Waals surface area contributed by atoms with Crippen molar-refractivity contribution < 1.29 is 9.72 Å². The molecule has 3 unspecified atom stereocenters. The highest BCUT2D eigenvalue weighted by Crippen LogP contribution is 2.59. The van der Waals surface area contributed by atoms with Crippen molar-refractivity contribution in [3.8, 4) is 0 Å². The summed E-state index contributed by atoms with van der Waals surface area (Å²) in [5.74, 6) is -0.678. The van der Waals surface area contributed by atoms with Gasteiger partial charge in [-0.1, -0.05) is 46.3 Å². The Morgan fingerprint density at radius 2 is 1.93 bits per heavy atom. The van der Waals surface area contributed by atoms with Crippen LogP contribution in [0.5, 0.6) is 0 Å². The van der Waals surface area contributed by atoms with E-state index in [1.165, 1.54) is 0 Å². The first-order valence-electron chi connectivity index (χ1n) is 9.12. The van der Waals surface area contributed by atoms with Gasteiger partial charge in [-0.2, -0.15) is 0 Å². The molecule has 138 valence electrons. The molecule has 0 radical (unpaired) electrons. The third-order valence-electron chi connectivity index (χ3n) is 6.34. The Balaban J connectivity index is 1.80. The predicted octanol–water partition coefficient (Wildman–Crippen LogP) is 3.50. The summed E-state index contributed by atoms with van der Waals surface area (Å²) in [7, 11) is 0. The van der Waals surface area contributed by atoms with Gasteiger partial charge in [-0.15, -0.1) is 0 Å². The standard InChI is InChI=1S/C20H18BrN3O3/c21-13-9-7-12(8-10-13)17-18(24(26)27)16-6-3-11-23(16)20(17)14-4-1-2-5-15(14)22-19(20)25/h1-2,4-5,7-10,16-18H,3,6,11H2,(H,22,25)/t16?,17?,18?,20-/m1/s1. The van der Waals surface area contributed by atoms with E-state index in [1.54, 1.807) is 0 Å². The number of amides is 1. The number of nitro groups is 1. The molecule has 6 nitrogen and oxygen atoms in total. The fourth-order valence-electron chi connectivity index (χ4n) is 5.46. The molecule has 3 heterocycles. The number of carbonyl (C=O) groups is 1. The van der Waals surface area contributed by atoms with Gasteiger partial charge in [0.2, 0.25) is 6.04 Å². The Hall–Kier alpha value is -2.25. The molecule has 3 aliphatic heterocycles. The average Bonchev–Trinajstić information content (AvgIpc) is 3.29. The van der Waals surface area contributed by atoms with Gasteiger partial charge >= 0.3 is 0 Å². The normalized spacial score (nSPS) is 31.7. The molecular weight excluding hydrogens is 410 g/mol. The first kappa shape index (κ1) is 16.9. The van der Waals surface area contributed by atoms with E-state index in [1.807, 2.05) is 48.5 Å². The van der Waals surface area contributed by atoms with E-state index in [0.29, 0.717) is 6.54 Å². The van der Waals surface area contributed by atoms with Gasteiger partial charge in [-0.05, 0) is 36.6 Å². The molecule has 2 aromatic rings. The molecule has 1 N–H and O–H groups in total. The highest BCUT2D eigenvalue weighted by molar-refractivity contribution is 9.10. The van der Waals surface area contributed by atoms with Crippen LogP contribution < -0.4 is 5.32 Å². The number of nitrogens with zero attached hydrogens (tertiary/aromatic N) is 2. The number of rotatable bonds is 2. The van der Waals surface area contributed by atoms with Gasteiger partial charge in [-0.3, -0.25) is 19.8 Å². The molecule has 0 aliphatic carbocycles. The smallest absolute Gasteiger partial charge is 0.250 e. The second-order valence-corrected chi connectivity index (χ2v) is 8.39. The molecular formula is C20H18BrN3O3. The maximum atomic E-state index is 13.4. The lowest BCUT2D eigenvalue weighted by molar-refractivity contribution is -0.527. The van der Waals surface area contributed by atoms with Crippen LogP contribution in [0.25, 0.3) is 0 Å². The van der Waals surface area contributed by atoms with Crippen LogP contribution in [0.1, 0.15) is 29.9 Å². The van der Waals surface area contributed by atoms with Crippen LogP contribution in [0.15, 0.2) is 53.0 Å². The van der Waals surface area contributed by atoms with Crippen molar-refractivity contribution >= 4 is 27.5 Å². The quantitative estimate of drug-likeness (QED) is 0.587. The zero-order valence-corrected chi connectivity index (χ0v) is 16.1. The van der Waals surface area contributed by atoms with E-state index in [0.717, 1.165) is 34.1 Å². The number of hydrogen-bond donors (Lipinski definition) is 1. The van der Waals surface area contributed by atoms with Gasteiger partial charge in [0.05, 0.1) is 12.0 Å². The minimum Gasteiger partial charge on any atom is -0.324 e. The van der Waals surface area contributed by atoms with Gasteiger partial charge in [0, 0.05) is 27.2 Å². The van der Waals surface area contributed by atoms with Crippen molar-refractivity contribution in [1.82, 2.24) is 4.90 Å². The van der Waals surface area contributed by atoms with Gasteiger partial charge in [-0.25, -0.2) is 0 Å². The number of para-hydroxylation sites is 1. The van der Waals surface area contributed by atoms with E-state index in [4.69, 9.17) is 0 Å². The highest BCUT2D eigenvalue weighted by Gasteiger charge is 2.71. The number of hydrogen-bond acceptors (Lipinski definition) is 4. The summed E-state index contributed by atoms with van der Waals surface area (Å²) in [4.78, 5) is 27.6. The Kier molecular flexibility index (Phi) is 3.67. The fraction of sp³-hybridized carbons (Fsp3) is 0.350. The maximum Gasteiger partial charge on any atom is 0.250 e. The topological polar surface area (TPSA) is 75.5 Å². The summed E-state index contributed by atoms with van der Waals surface area (Å²) < 4.78 is 0.910. The molecule has 1 spiro atoms. The average molecular weight is 428 g/mol. The molecule has 0 aromatic heterocycles. The summed E-state index contributed by atoms with van der Waals surface area (Å²) in [6.45, 7) is 0.698. The van der Waals surface area contributed by atoms with Crippen molar-refractivity contribution in [3.05, 3.63) is 74.2 Å². The first-order chi connectivity index (χ1) is 13.0. The number of nitrogens with one attached hydrogen (secondary N) is 1. The minimum atomic E-state index is -1.02. The number of benzene rings is 2. The van der Waals surface area contributed by atoms with Crippen molar-refractivity contribution in [1.29, 1.82) is 0 Å². The van der Waals surface area contributed by atoms with Crippen LogP contribution in [-0.2, 0) is 10.3 Å². The predicted molar refractivity (Wildman–Crippen MR) is 104 cm³/mol. The SMILES string of the molecule is O=C1Nc2ccccc2[C@@]12C(c1ccc(Br)cc1)C([N+](=O)[O-])C1CCCN12. The van der Waals surface area contributed by atoms with Gasteiger partial charge in [0.25, 0.3) is 5.91 Å². The van der Waals surface area contributed by atoms with Crippen molar-refractivity contribution in [2.45, 2.75) is 36.4 Å². The van der Waals surface area contributed by atoms with Crippen LogP contribution in [0.2, 0.25) is 0 Å². The molecule has 0 bridgehead atoms.